The number of alkyl halides is 1. The van der Waals surface area contributed by atoms with Gasteiger partial charge in [0.2, 0.25) is 11.8 Å². The normalized spacial score (nSPS) is 10.9. The zero-order valence-electron chi connectivity index (χ0n) is 11.4. The molecule has 19 heavy (non-hydrogen) atoms. The highest BCUT2D eigenvalue weighted by atomic mass is 35.5. The Balaban J connectivity index is 2.67. The highest BCUT2D eigenvalue weighted by molar-refractivity contribution is 6.20. The van der Waals surface area contributed by atoms with Crippen molar-refractivity contribution in [1.29, 1.82) is 0 Å². The third-order valence-corrected chi connectivity index (χ3v) is 3.47. The Kier molecular flexibility index (Phi) is 5.36. The molecule has 5 heteroatoms. The van der Waals surface area contributed by atoms with Gasteiger partial charge in [0.1, 0.15) is 0 Å². The van der Waals surface area contributed by atoms with Gasteiger partial charge in [-0.25, -0.2) is 0 Å². The van der Waals surface area contributed by atoms with Crippen LogP contribution in [0.3, 0.4) is 0 Å². The van der Waals surface area contributed by atoms with Crippen LogP contribution in [-0.2, 0) is 16.0 Å². The quantitative estimate of drug-likeness (QED) is 0.813. The van der Waals surface area contributed by atoms with Crippen molar-refractivity contribution in [1.82, 2.24) is 5.32 Å². The van der Waals surface area contributed by atoms with Crippen LogP contribution in [0.4, 0.5) is 5.69 Å². The summed E-state index contributed by atoms with van der Waals surface area (Å²) in [6, 6.07) is 7.19. The van der Waals surface area contributed by atoms with E-state index in [0.29, 0.717) is 12.1 Å². The molecule has 1 aromatic rings. The first-order chi connectivity index (χ1) is 8.89. The molecule has 0 aliphatic heterocycles. The average molecular weight is 283 g/mol. The van der Waals surface area contributed by atoms with Crippen LogP contribution in [0.5, 0.6) is 0 Å². The summed E-state index contributed by atoms with van der Waals surface area (Å²) in [5.41, 5.74) is 0.986. The van der Waals surface area contributed by atoms with Gasteiger partial charge in [0.25, 0.3) is 0 Å². The van der Waals surface area contributed by atoms with E-state index in [4.69, 9.17) is 11.6 Å². The molecule has 104 valence electrons. The van der Waals surface area contributed by atoms with Crippen LogP contribution in [-0.4, -0.2) is 24.7 Å². The maximum Gasteiger partial charge on any atom is 0.231 e. The fourth-order valence-corrected chi connectivity index (χ4v) is 1.46. The predicted molar refractivity (Wildman–Crippen MR) is 77.3 cm³/mol. The fourth-order valence-electron chi connectivity index (χ4n) is 1.34. The molecule has 1 rings (SSSR count). The molecule has 0 aliphatic carbocycles. The number of hydrogen-bond donors (Lipinski definition) is 2. The number of benzene rings is 1. The monoisotopic (exact) mass is 282 g/mol. The van der Waals surface area contributed by atoms with Gasteiger partial charge in [0, 0.05) is 18.6 Å². The summed E-state index contributed by atoms with van der Waals surface area (Å²) in [6.07, 6.45) is 0.331. The second kappa shape index (κ2) is 6.57. The number of nitrogens with one attached hydrogen (secondary N) is 2. The molecule has 0 heterocycles. The van der Waals surface area contributed by atoms with Crippen molar-refractivity contribution in [2.24, 2.45) is 5.41 Å². The van der Waals surface area contributed by atoms with Gasteiger partial charge in [0.05, 0.1) is 11.8 Å². The van der Waals surface area contributed by atoms with E-state index in [9.17, 15) is 9.59 Å². The molecule has 2 amide bonds. The zero-order valence-corrected chi connectivity index (χ0v) is 12.2. The van der Waals surface area contributed by atoms with Gasteiger partial charge in [-0.15, -0.1) is 11.6 Å². The Labute approximate surface area is 118 Å². The summed E-state index contributed by atoms with van der Waals surface area (Å²) in [6.45, 7) is 3.57. The number of halogens is 1. The van der Waals surface area contributed by atoms with Crippen LogP contribution in [0.1, 0.15) is 19.4 Å². The van der Waals surface area contributed by atoms with E-state index in [2.05, 4.69) is 10.6 Å². The Hall–Kier alpha value is -1.55. The summed E-state index contributed by atoms with van der Waals surface area (Å²) < 4.78 is 0. The number of rotatable bonds is 5. The lowest BCUT2D eigenvalue weighted by Crippen LogP contribution is -2.32. The van der Waals surface area contributed by atoms with Gasteiger partial charge in [-0.1, -0.05) is 12.1 Å². The van der Waals surface area contributed by atoms with Crippen molar-refractivity contribution in [3.63, 3.8) is 0 Å². The fraction of sp³-hybridized carbons (Fsp3) is 0.429. The van der Waals surface area contributed by atoms with Crippen LogP contribution in [0, 0.1) is 5.41 Å². The first-order valence-electron chi connectivity index (χ1n) is 6.06. The van der Waals surface area contributed by atoms with Crippen molar-refractivity contribution < 1.29 is 9.59 Å². The summed E-state index contributed by atoms with van der Waals surface area (Å²) in [7, 11) is 1.60. The molecule has 0 aliphatic rings. The SMILES string of the molecule is CNC(=O)Cc1ccc(NC(=O)C(C)(C)CCl)cc1. The van der Waals surface area contributed by atoms with Gasteiger partial charge in [-0.3, -0.25) is 9.59 Å². The zero-order chi connectivity index (χ0) is 14.5. The maximum absolute atomic E-state index is 11.9. The Morgan fingerprint density at radius 2 is 1.79 bits per heavy atom. The highest BCUT2D eigenvalue weighted by Gasteiger charge is 2.26. The van der Waals surface area contributed by atoms with Gasteiger partial charge < -0.3 is 10.6 Å². The van der Waals surface area contributed by atoms with E-state index in [1.807, 2.05) is 12.1 Å². The standard InChI is InChI=1S/C14H19ClN2O2/c1-14(2,9-15)13(19)17-11-6-4-10(5-7-11)8-12(18)16-3/h4-7H,8-9H2,1-3H3,(H,16,18)(H,17,19). The smallest absolute Gasteiger partial charge is 0.231 e. The molecule has 0 spiro atoms. The molecule has 0 saturated carbocycles. The van der Waals surface area contributed by atoms with Crippen molar-refractivity contribution in [3.05, 3.63) is 29.8 Å². The first kappa shape index (κ1) is 15.5. The van der Waals surface area contributed by atoms with Crippen LogP contribution in [0.25, 0.3) is 0 Å². The second-order valence-electron chi connectivity index (χ2n) is 5.02. The minimum atomic E-state index is -0.609. The van der Waals surface area contributed by atoms with Crippen molar-refractivity contribution in [3.8, 4) is 0 Å². The average Bonchev–Trinajstić information content (AvgIpc) is 2.40. The molecule has 0 saturated heterocycles. The maximum atomic E-state index is 11.9. The van der Waals surface area contributed by atoms with Gasteiger partial charge >= 0.3 is 0 Å². The van der Waals surface area contributed by atoms with Crippen LogP contribution in [0.15, 0.2) is 24.3 Å². The molecular formula is C14H19ClN2O2. The lowest BCUT2D eigenvalue weighted by atomic mass is 9.95. The van der Waals surface area contributed by atoms with Crippen LogP contribution < -0.4 is 10.6 Å². The third-order valence-electron chi connectivity index (χ3n) is 2.80. The molecule has 0 bridgehead atoms. The summed E-state index contributed by atoms with van der Waals surface area (Å²) >= 11 is 5.75. The molecule has 0 unspecified atom stereocenters. The lowest BCUT2D eigenvalue weighted by molar-refractivity contribution is -0.123. The molecule has 1 aromatic carbocycles. The molecule has 4 nitrogen and oxygen atoms in total. The molecule has 0 aromatic heterocycles. The van der Waals surface area contributed by atoms with Crippen LogP contribution >= 0.6 is 11.6 Å². The predicted octanol–water partition coefficient (Wildman–Crippen LogP) is 2.18. The molecular weight excluding hydrogens is 264 g/mol. The number of hydrogen-bond acceptors (Lipinski definition) is 2. The summed E-state index contributed by atoms with van der Waals surface area (Å²) in [5, 5.41) is 5.37. The third kappa shape index (κ3) is 4.56. The van der Waals surface area contributed by atoms with E-state index in [0.717, 1.165) is 5.56 Å². The molecule has 0 atom stereocenters. The number of carbonyl (C=O) groups excluding carboxylic acids is 2. The molecule has 2 N–H and O–H groups in total. The van der Waals surface area contributed by atoms with E-state index >= 15 is 0 Å². The topological polar surface area (TPSA) is 58.2 Å². The molecule has 0 radical (unpaired) electrons. The second-order valence-corrected chi connectivity index (χ2v) is 5.29. The largest absolute Gasteiger partial charge is 0.359 e. The van der Waals surface area contributed by atoms with Gasteiger partial charge in [0.15, 0.2) is 0 Å². The Morgan fingerprint density at radius 1 is 1.21 bits per heavy atom. The highest BCUT2D eigenvalue weighted by Crippen LogP contribution is 2.20. The number of anilines is 1. The van der Waals surface area contributed by atoms with E-state index in [-0.39, 0.29) is 17.7 Å². The van der Waals surface area contributed by atoms with Crippen molar-refractivity contribution in [2.45, 2.75) is 20.3 Å². The van der Waals surface area contributed by atoms with Crippen LogP contribution in [0.2, 0.25) is 0 Å². The number of carbonyl (C=O) groups is 2. The van der Waals surface area contributed by atoms with Gasteiger partial charge in [-0.2, -0.15) is 0 Å². The van der Waals surface area contributed by atoms with E-state index < -0.39 is 5.41 Å². The molecule has 0 fully saturated rings. The van der Waals surface area contributed by atoms with E-state index in [1.54, 1.807) is 33.0 Å². The van der Waals surface area contributed by atoms with Gasteiger partial charge in [-0.05, 0) is 31.5 Å². The number of amides is 2. The summed E-state index contributed by atoms with van der Waals surface area (Å²) in [5.74, 6) is 0.0924. The minimum Gasteiger partial charge on any atom is -0.359 e. The first-order valence-corrected chi connectivity index (χ1v) is 6.59. The summed E-state index contributed by atoms with van der Waals surface area (Å²) in [4.78, 5) is 23.1. The van der Waals surface area contributed by atoms with E-state index in [1.165, 1.54) is 0 Å². The van der Waals surface area contributed by atoms with Crippen molar-refractivity contribution >= 4 is 29.1 Å². The minimum absolute atomic E-state index is 0.0416. The Bertz CT molecular complexity index is 455. The van der Waals surface area contributed by atoms with Crippen molar-refractivity contribution in [2.75, 3.05) is 18.2 Å². The lowest BCUT2D eigenvalue weighted by Gasteiger charge is -2.20. The number of likely N-dealkylation sites (N-methyl/N-ethyl adjacent to an activating group) is 1. The Morgan fingerprint density at radius 3 is 2.26 bits per heavy atom.